The van der Waals surface area contributed by atoms with E-state index in [1.54, 1.807) is 34.2 Å². The van der Waals surface area contributed by atoms with Gasteiger partial charge < -0.3 is 4.90 Å². The van der Waals surface area contributed by atoms with Crippen molar-refractivity contribution in [2.75, 3.05) is 23.6 Å². The van der Waals surface area contributed by atoms with Crippen LogP contribution in [0.25, 0.3) is 0 Å². The first-order valence-electron chi connectivity index (χ1n) is 9.12. The topological polar surface area (TPSA) is 79.4 Å². The van der Waals surface area contributed by atoms with Crippen LogP contribution in [0.3, 0.4) is 0 Å². The lowest BCUT2D eigenvalue weighted by molar-refractivity contribution is 0.0761. The van der Waals surface area contributed by atoms with E-state index in [9.17, 15) is 13.2 Å². The second-order valence-electron chi connectivity index (χ2n) is 6.60. The number of hydrogen-bond donors (Lipinski definition) is 1. The van der Waals surface area contributed by atoms with Gasteiger partial charge >= 0.3 is 0 Å². The van der Waals surface area contributed by atoms with Gasteiger partial charge in [0.2, 0.25) is 0 Å². The van der Waals surface area contributed by atoms with Crippen molar-refractivity contribution in [2.45, 2.75) is 10.1 Å². The summed E-state index contributed by atoms with van der Waals surface area (Å²) < 4.78 is 27.3. The molecule has 10 heteroatoms. The minimum Gasteiger partial charge on any atom is -0.336 e. The molecule has 156 valence electrons. The van der Waals surface area contributed by atoms with Gasteiger partial charge in [0.05, 0.1) is 4.90 Å². The number of carbonyl (C=O) groups excluding carboxylic acids is 1. The van der Waals surface area contributed by atoms with Crippen LogP contribution in [-0.2, 0) is 10.0 Å². The Balaban J connectivity index is 1.47. The summed E-state index contributed by atoms with van der Waals surface area (Å²) in [6.45, 7) is 1.19. The standard InChI is InChI=1S/C20H18ClN3O3S3/c21-17-4-2-1-3-16(17)18-13-24(10-12-28-18)19(25)14-5-7-15(8-6-14)30(26,27)23-20-22-9-11-29-20/h1-9,11,18H,10,12-13H2,(H,22,23). The molecule has 4 rings (SSSR count). The van der Waals surface area contributed by atoms with Crippen molar-refractivity contribution >= 4 is 55.8 Å². The maximum absolute atomic E-state index is 13.0. The Bertz CT molecular complexity index is 1140. The van der Waals surface area contributed by atoms with Crippen molar-refractivity contribution in [3.05, 3.63) is 76.3 Å². The summed E-state index contributed by atoms with van der Waals surface area (Å²) in [5.74, 6) is 0.690. The van der Waals surface area contributed by atoms with Crippen molar-refractivity contribution in [1.82, 2.24) is 9.88 Å². The first kappa shape index (κ1) is 21.2. The quantitative estimate of drug-likeness (QED) is 0.581. The van der Waals surface area contributed by atoms with Crippen molar-refractivity contribution in [2.24, 2.45) is 0 Å². The molecule has 1 saturated heterocycles. The van der Waals surface area contributed by atoms with Crippen molar-refractivity contribution in [3.8, 4) is 0 Å². The van der Waals surface area contributed by atoms with Crippen LogP contribution in [0.1, 0.15) is 21.2 Å². The number of halogens is 1. The average Bonchev–Trinajstić information content (AvgIpc) is 3.26. The molecule has 1 aliphatic rings. The third-order valence-corrected chi connectivity index (χ3v) is 8.41. The lowest BCUT2D eigenvalue weighted by Gasteiger charge is -2.33. The molecule has 0 saturated carbocycles. The lowest BCUT2D eigenvalue weighted by atomic mass is 10.1. The molecule has 1 N–H and O–H groups in total. The van der Waals surface area contributed by atoms with Crippen molar-refractivity contribution in [3.63, 3.8) is 0 Å². The number of thiazole rings is 1. The molecule has 1 atom stereocenters. The highest BCUT2D eigenvalue weighted by molar-refractivity contribution is 7.99. The van der Waals surface area contributed by atoms with E-state index in [0.717, 1.165) is 11.3 Å². The van der Waals surface area contributed by atoms with Gasteiger partial charge in [-0.15, -0.1) is 11.3 Å². The van der Waals surface area contributed by atoms with E-state index in [-0.39, 0.29) is 16.1 Å². The summed E-state index contributed by atoms with van der Waals surface area (Å²) in [5, 5.41) is 2.79. The minimum absolute atomic E-state index is 0.0809. The van der Waals surface area contributed by atoms with E-state index in [1.807, 2.05) is 24.3 Å². The van der Waals surface area contributed by atoms with Gasteiger partial charge in [0.1, 0.15) is 0 Å². The van der Waals surface area contributed by atoms with E-state index >= 15 is 0 Å². The Labute approximate surface area is 188 Å². The highest BCUT2D eigenvalue weighted by Crippen LogP contribution is 2.37. The number of hydrogen-bond acceptors (Lipinski definition) is 6. The molecule has 1 amide bonds. The number of amides is 1. The summed E-state index contributed by atoms with van der Waals surface area (Å²) in [4.78, 5) is 18.8. The average molecular weight is 480 g/mol. The molecule has 0 aliphatic carbocycles. The summed E-state index contributed by atoms with van der Waals surface area (Å²) >= 11 is 9.31. The number of benzene rings is 2. The van der Waals surface area contributed by atoms with Gasteiger partial charge in [-0.25, -0.2) is 13.4 Å². The van der Waals surface area contributed by atoms with Gasteiger partial charge in [-0.05, 0) is 35.9 Å². The van der Waals surface area contributed by atoms with Crippen LogP contribution >= 0.6 is 34.7 Å². The van der Waals surface area contributed by atoms with E-state index in [2.05, 4.69) is 9.71 Å². The summed E-state index contributed by atoms with van der Waals surface area (Å²) in [5.41, 5.74) is 1.48. The fourth-order valence-electron chi connectivity index (χ4n) is 3.17. The summed E-state index contributed by atoms with van der Waals surface area (Å²) in [7, 11) is -3.75. The number of nitrogens with one attached hydrogen (secondary N) is 1. The van der Waals surface area contributed by atoms with Gasteiger partial charge in [-0.3, -0.25) is 9.52 Å². The number of sulfonamides is 1. The number of aromatic nitrogens is 1. The zero-order valence-corrected chi connectivity index (χ0v) is 18.9. The molecule has 0 spiro atoms. The fourth-order valence-corrected chi connectivity index (χ4v) is 6.57. The maximum atomic E-state index is 13.0. The molecule has 1 aromatic heterocycles. The smallest absolute Gasteiger partial charge is 0.263 e. The summed E-state index contributed by atoms with van der Waals surface area (Å²) in [6, 6.07) is 13.7. The Morgan fingerprint density at radius 3 is 2.63 bits per heavy atom. The van der Waals surface area contributed by atoms with Gasteiger partial charge in [0, 0.05) is 46.3 Å². The van der Waals surface area contributed by atoms with Crippen LogP contribution < -0.4 is 4.72 Å². The maximum Gasteiger partial charge on any atom is 0.263 e. The lowest BCUT2D eigenvalue weighted by Crippen LogP contribution is -2.39. The third-order valence-electron chi connectivity index (χ3n) is 4.67. The minimum atomic E-state index is -3.75. The molecule has 3 aromatic rings. The van der Waals surface area contributed by atoms with E-state index in [0.29, 0.717) is 28.8 Å². The highest BCUT2D eigenvalue weighted by atomic mass is 35.5. The first-order valence-corrected chi connectivity index (χ1v) is 12.9. The van der Waals surface area contributed by atoms with Crippen LogP contribution in [0.2, 0.25) is 5.02 Å². The molecular formula is C20H18ClN3O3S3. The second-order valence-corrected chi connectivity index (χ2v) is 10.9. The van der Waals surface area contributed by atoms with Crippen molar-refractivity contribution in [1.29, 1.82) is 0 Å². The summed E-state index contributed by atoms with van der Waals surface area (Å²) in [6.07, 6.45) is 1.52. The van der Waals surface area contributed by atoms with E-state index in [4.69, 9.17) is 11.6 Å². The van der Waals surface area contributed by atoms with Crippen LogP contribution in [0, 0.1) is 0 Å². The Hall–Kier alpha value is -2.07. The number of rotatable bonds is 5. The first-order chi connectivity index (χ1) is 14.4. The molecular weight excluding hydrogens is 462 g/mol. The van der Waals surface area contributed by atoms with Crippen LogP contribution in [0.5, 0.6) is 0 Å². The third kappa shape index (κ3) is 4.64. The van der Waals surface area contributed by atoms with Crippen LogP contribution in [0.4, 0.5) is 5.13 Å². The normalized spacial score (nSPS) is 17.0. The zero-order valence-electron chi connectivity index (χ0n) is 15.7. The molecule has 6 nitrogen and oxygen atoms in total. The second kappa shape index (κ2) is 8.97. The number of carbonyl (C=O) groups is 1. The van der Waals surface area contributed by atoms with Gasteiger partial charge in [-0.1, -0.05) is 29.8 Å². The molecule has 2 heterocycles. The SMILES string of the molecule is O=C(c1ccc(S(=O)(=O)Nc2nccs2)cc1)N1CCSC(c2ccccc2Cl)C1. The Morgan fingerprint density at radius 1 is 1.17 bits per heavy atom. The molecule has 30 heavy (non-hydrogen) atoms. The molecule has 1 fully saturated rings. The zero-order chi connectivity index (χ0) is 21.1. The number of thioether (sulfide) groups is 1. The molecule has 1 unspecified atom stereocenters. The molecule has 0 radical (unpaired) electrons. The Kier molecular flexibility index (Phi) is 6.33. The fraction of sp³-hybridized carbons (Fsp3) is 0.200. The van der Waals surface area contributed by atoms with Gasteiger partial charge in [0.25, 0.3) is 15.9 Å². The van der Waals surface area contributed by atoms with E-state index < -0.39 is 10.0 Å². The highest BCUT2D eigenvalue weighted by Gasteiger charge is 2.27. The molecule has 0 bridgehead atoms. The predicted octanol–water partition coefficient (Wildman–Crippen LogP) is 4.53. The number of anilines is 1. The van der Waals surface area contributed by atoms with Crippen molar-refractivity contribution < 1.29 is 13.2 Å². The van der Waals surface area contributed by atoms with Crippen LogP contribution in [0.15, 0.2) is 65.0 Å². The van der Waals surface area contributed by atoms with E-state index in [1.165, 1.54) is 29.7 Å². The molecule has 2 aromatic carbocycles. The van der Waals surface area contributed by atoms with Gasteiger partial charge in [-0.2, -0.15) is 11.8 Å². The monoisotopic (exact) mass is 479 g/mol. The largest absolute Gasteiger partial charge is 0.336 e. The Morgan fingerprint density at radius 2 is 1.93 bits per heavy atom. The number of nitrogens with zero attached hydrogens (tertiary/aromatic N) is 2. The molecule has 1 aliphatic heterocycles. The van der Waals surface area contributed by atoms with Crippen LogP contribution in [-0.4, -0.2) is 43.1 Å². The van der Waals surface area contributed by atoms with Gasteiger partial charge in [0.15, 0.2) is 5.13 Å². The predicted molar refractivity (Wildman–Crippen MR) is 122 cm³/mol.